The topological polar surface area (TPSA) is 37.4 Å². The third-order valence-electron chi connectivity index (χ3n) is 6.24. The molecule has 0 aromatic rings. The summed E-state index contributed by atoms with van der Waals surface area (Å²) >= 11 is 0. The van der Waals surface area contributed by atoms with Crippen molar-refractivity contribution in [1.29, 1.82) is 0 Å². The zero-order valence-corrected chi connectivity index (χ0v) is 16.6. The monoisotopic (exact) mass is 350 g/mol. The van der Waals surface area contributed by atoms with Gasteiger partial charge in [-0.05, 0) is 52.4 Å². The average Bonchev–Trinajstić information content (AvgIpc) is 3.07. The minimum Gasteiger partial charge on any atom is -0.355 e. The molecule has 3 heterocycles. The van der Waals surface area contributed by atoms with Crippen molar-refractivity contribution in [2.75, 3.05) is 80.0 Å². The largest absolute Gasteiger partial charge is 0.355 e. The van der Waals surface area contributed by atoms with E-state index >= 15 is 0 Å². The van der Waals surface area contributed by atoms with E-state index in [0.717, 1.165) is 44.6 Å². The van der Waals surface area contributed by atoms with Gasteiger partial charge >= 0.3 is 0 Å². The van der Waals surface area contributed by atoms with Crippen LogP contribution in [0.2, 0.25) is 0 Å². The molecule has 3 fully saturated rings. The highest BCUT2D eigenvalue weighted by molar-refractivity contribution is 5.80. The Bertz CT molecular complexity index is 434. The molecule has 3 aliphatic heterocycles. The maximum Gasteiger partial charge on any atom is 0.193 e. The molecule has 144 valence electrons. The van der Waals surface area contributed by atoms with E-state index in [-0.39, 0.29) is 0 Å². The van der Waals surface area contributed by atoms with Crippen LogP contribution in [-0.4, -0.2) is 112 Å². The van der Waals surface area contributed by atoms with E-state index in [1.54, 1.807) is 0 Å². The number of nitrogens with zero attached hydrogens (tertiary/aromatic N) is 5. The van der Waals surface area contributed by atoms with E-state index in [4.69, 9.17) is 0 Å². The van der Waals surface area contributed by atoms with Crippen LogP contribution in [-0.2, 0) is 0 Å². The number of likely N-dealkylation sites (N-methyl/N-ethyl adjacent to an activating group) is 2. The van der Waals surface area contributed by atoms with Gasteiger partial charge in [-0.2, -0.15) is 0 Å². The highest BCUT2D eigenvalue weighted by Gasteiger charge is 2.28. The van der Waals surface area contributed by atoms with Gasteiger partial charge in [0.25, 0.3) is 0 Å². The Morgan fingerprint density at radius 1 is 1.00 bits per heavy atom. The molecule has 0 spiro atoms. The Hall–Kier alpha value is -0.850. The number of piperazine rings is 1. The van der Waals surface area contributed by atoms with Crippen molar-refractivity contribution in [1.82, 2.24) is 24.9 Å². The molecule has 0 aromatic carbocycles. The van der Waals surface area contributed by atoms with Gasteiger partial charge in [0, 0.05) is 58.9 Å². The number of guanidine groups is 1. The highest BCUT2D eigenvalue weighted by atomic mass is 15.3. The molecule has 0 saturated carbocycles. The van der Waals surface area contributed by atoms with Crippen molar-refractivity contribution in [2.45, 2.75) is 31.7 Å². The first-order valence-corrected chi connectivity index (χ1v) is 10.2. The summed E-state index contributed by atoms with van der Waals surface area (Å²) in [6.07, 6.45) is 5.52. The van der Waals surface area contributed by atoms with Crippen LogP contribution in [0.25, 0.3) is 0 Å². The number of aliphatic imine (C=N–C) groups is 1. The Morgan fingerprint density at radius 2 is 1.80 bits per heavy atom. The van der Waals surface area contributed by atoms with Crippen molar-refractivity contribution in [3.8, 4) is 0 Å². The number of likely N-dealkylation sites (tertiary alicyclic amines) is 2. The Labute approximate surface area is 154 Å². The molecular weight excluding hydrogens is 312 g/mol. The molecule has 1 N–H and O–H groups in total. The van der Waals surface area contributed by atoms with Gasteiger partial charge in [0.05, 0.1) is 0 Å². The fraction of sp³-hybridized carbons (Fsp3) is 0.947. The molecule has 0 aromatic heterocycles. The molecule has 0 amide bonds. The van der Waals surface area contributed by atoms with Gasteiger partial charge in [-0.1, -0.05) is 6.42 Å². The van der Waals surface area contributed by atoms with Gasteiger partial charge in [0.15, 0.2) is 5.96 Å². The first kappa shape index (κ1) is 18.9. The van der Waals surface area contributed by atoms with Crippen molar-refractivity contribution < 1.29 is 0 Å². The van der Waals surface area contributed by atoms with Crippen molar-refractivity contribution >= 4 is 5.96 Å². The molecule has 0 aliphatic carbocycles. The summed E-state index contributed by atoms with van der Waals surface area (Å²) in [4.78, 5) is 14.6. The zero-order valence-electron chi connectivity index (χ0n) is 16.6. The fourth-order valence-electron chi connectivity index (χ4n) is 4.54. The van der Waals surface area contributed by atoms with Crippen molar-refractivity contribution in [2.24, 2.45) is 10.9 Å². The first-order valence-electron chi connectivity index (χ1n) is 10.2. The lowest BCUT2D eigenvalue weighted by Crippen LogP contribution is -2.55. The Balaban J connectivity index is 1.43. The van der Waals surface area contributed by atoms with Gasteiger partial charge in [0.1, 0.15) is 0 Å². The number of rotatable bonds is 4. The molecule has 0 radical (unpaired) electrons. The van der Waals surface area contributed by atoms with E-state index in [0.29, 0.717) is 6.04 Å². The van der Waals surface area contributed by atoms with Crippen LogP contribution in [0.5, 0.6) is 0 Å². The summed E-state index contributed by atoms with van der Waals surface area (Å²) in [5.41, 5.74) is 0. The van der Waals surface area contributed by atoms with Gasteiger partial charge < -0.3 is 20.0 Å². The maximum atomic E-state index is 4.57. The van der Waals surface area contributed by atoms with Crippen LogP contribution in [0, 0.1) is 5.92 Å². The van der Waals surface area contributed by atoms with Crippen LogP contribution in [0.3, 0.4) is 0 Å². The zero-order chi connectivity index (χ0) is 17.6. The van der Waals surface area contributed by atoms with Crippen LogP contribution in [0.1, 0.15) is 25.7 Å². The molecule has 25 heavy (non-hydrogen) atoms. The molecule has 6 heteroatoms. The summed E-state index contributed by atoms with van der Waals surface area (Å²) < 4.78 is 0. The van der Waals surface area contributed by atoms with E-state index in [2.05, 4.69) is 44.0 Å². The van der Waals surface area contributed by atoms with Crippen LogP contribution < -0.4 is 5.32 Å². The van der Waals surface area contributed by atoms with Crippen molar-refractivity contribution in [3.63, 3.8) is 0 Å². The van der Waals surface area contributed by atoms with Crippen LogP contribution in [0.15, 0.2) is 4.99 Å². The lowest BCUT2D eigenvalue weighted by atomic mass is 10.1. The summed E-state index contributed by atoms with van der Waals surface area (Å²) in [5, 5.41) is 3.65. The average molecular weight is 351 g/mol. The number of piperidine rings is 1. The number of hydrogen-bond acceptors (Lipinski definition) is 4. The summed E-state index contributed by atoms with van der Waals surface area (Å²) in [7, 11) is 6.39. The second-order valence-electron chi connectivity index (χ2n) is 8.29. The van der Waals surface area contributed by atoms with E-state index in [9.17, 15) is 0 Å². The Kier molecular flexibility index (Phi) is 6.96. The lowest BCUT2D eigenvalue weighted by Gasteiger charge is -2.38. The first-order chi connectivity index (χ1) is 12.2. The maximum absolute atomic E-state index is 4.57. The molecular formula is C19H38N6. The van der Waals surface area contributed by atoms with Gasteiger partial charge in [0.2, 0.25) is 0 Å². The number of nitrogens with one attached hydrogen (secondary N) is 1. The molecule has 3 aliphatic rings. The standard InChI is InChI=1S/C19H38N6/c1-20-19(21-13-18-16-22(2)11-12-23(18)3)25-10-7-17(15-25)14-24-8-5-4-6-9-24/h17-18H,4-16H2,1-3H3,(H,20,21). The van der Waals surface area contributed by atoms with E-state index in [1.807, 2.05) is 7.05 Å². The molecule has 0 bridgehead atoms. The van der Waals surface area contributed by atoms with E-state index in [1.165, 1.54) is 51.9 Å². The summed E-state index contributed by atoms with van der Waals surface area (Å²) in [6, 6.07) is 0.572. The summed E-state index contributed by atoms with van der Waals surface area (Å²) in [5.74, 6) is 1.91. The fourth-order valence-corrected chi connectivity index (χ4v) is 4.54. The van der Waals surface area contributed by atoms with Crippen LogP contribution in [0.4, 0.5) is 0 Å². The van der Waals surface area contributed by atoms with Gasteiger partial charge in [-0.15, -0.1) is 0 Å². The van der Waals surface area contributed by atoms with Crippen molar-refractivity contribution in [3.05, 3.63) is 0 Å². The molecule has 3 rings (SSSR count). The van der Waals surface area contributed by atoms with E-state index < -0.39 is 0 Å². The molecule has 2 unspecified atom stereocenters. The smallest absolute Gasteiger partial charge is 0.193 e. The van der Waals surface area contributed by atoms with Crippen LogP contribution >= 0.6 is 0 Å². The third kappa shape index (κ3) is 5.31. The van der Waals surface area contributed by atoms with Gasteiger partial charge in [-0.25, -0.2) is 0 Å². The minimum absolute atomic E-state index is 0.572. The SMILES string of the molecule is CN=C(NCC1CN(C)CCN1C)N1CCC(CN2CCCCC2)C1. The van der Waals surface area contributed by atoms with Gasteiger partial charge in [-0.3, -0.25) is 9.89 Å². The third-order valence-corrected chi connectivity index (χ3v) is 6.24. The molecule has 6 nitrogen and oxygen atoms in total. The summed E-state index contributed by atoms with van der Waals surface area (Å²) in [6.45, 7) is 10.7. The predicted molar refractivity (Wildman–Crippen MR) is 105 cm³/mol. The second-order valence-corrected chi connectivity index (χ2v) is 8.29. The molecule has 2 atom stereocenters. The molecule has 3 saturated heterocycles. The predicted octanol–water partition coefficient (Wildman–Crippen LogP) is 0.615. The number of hydrogen-bond donors (Lipinski definition) is 1. The Morgan fingerprint density at radius 3 is 2.56 bits per heavy atom. The second kappa shape index (κ2) is 9.19. The normalized spacial score (nSPS) is 30.8. The highest BCUT2D eigenvalue weighted by Crippen LogP contribution is 2.20. The minimum atomic E-state index is 0.572. The quantitative estimate of drug-likeness (QED) is 0.594. The lowest BCUT2D eigenvalue weighted by molar-refractivity contribution is 0.116.